The van der Waals surface area contributed by atoms with Crippen molar-refractivity contribution in [3.63, 3.8) is 0 Å². The SMILES string of the molecule is COCCNC(=O)CCOCCNC(=O)NCc1ccccc1. The second-order valence-corrected chi connectivity index (χ2v) is 4.80. The number of ether oxygens (including phenoxy) is 2. The molecule has 0 atom stereocenters. The van der Waals surface area contributed by atoms with E-state index in [-0.39, 0.29) is 11.9 Å². The number of benzene rings is 1. The van der Waals surface area contributed by atoms with Gasteiger partial charge in [0.15, 0.2) is 0 Å². The molecule has 0 aromatic heterocycles. The van der Waals surface area contributed by atoms with E-state index in [4.69, 9.17) is 9.47 Å². The van der Waals surface area contributed by atoms with E-state index in [0.717, 1.165) is 5.56 Å². The zero-order valence-electron chi connectivity index (χ0n) is 13.5. The topological polar surface area (TPSA) is 88.7 Å². The van der Waals surface area contributed by atoms with E-state index in [1.807, 2.05) is 30.3 Å². The Balaban J connectivity index is 1.94. The number of rotatable bonds is 11. The molecule has 0 aliphatic rings. The molecule has 128 valence electrons. The highest BCUT2D eigenvalue weighted by molar-refractivity contribution is 5.75. The third-order valence-electron chi connectivity index (χ3n) is 2.93. The molecule has 0 heterocycles. The van der Waals surface area contributed by atoms with Gasteiger partial charge < -0.3 is 25.4 Å². The van der Waals surface area contributed by atoms with Gasteiger partial charge in [0, 0.05) is 33.2 Å². The minimum Gasteiger partial charge on any atom is -0.383 e. The van der Waals surface area contributed by atoms with Crippen molar-refractivity contribution < 1.29 is 19.1 Å². The van der Waals surface area contributed by atoms with Gasteiger partial charge in [-0.25, -0.2) is 4.79 Å². The summed E-state index contributed by atoms with van der Waals surface area (Å²) in [6.45, 7) is 2.56. The number of methoxy groups -OCH3 is 1. The number of carbonyl (C=O) groups is 2. The van der Waals surface area contributed by atoms with E-state index in [2.05, 4.69) is 16.0 Å². The Morgan fingerprint density at radius 3 is 2.43 bits per heavy atom. The first-order valence-corrected chi connectivity index (χ1v) is 7.61. The number of hydrogen-bond donors (Lipinski definition) is 3. The fraction of sp³-hybridized carbons (Fsp3) is 0.500. The number of nitrogens with one attached hydrogen (secondary N) is 3. The second-order valence-electron chi connectivity index (χ2n) is 4.80. The van der Waals surface area contributed by atoms with Crippen LogP contribution in [0.3, 0.4) is 0 Å². The summed E-state index contributed by atoms with van der Waals surface area (Å²) < 4.78 is 10.1. The number of hydrogen-bond acceptors (Lipinski definition) is 4. The lowest BCUT2D eigenvalue weighted by atomic mass is 10.2. The van der Waals surface area contributed by atoms with Gasteiger partial charge in [-0.2, -0.15) is 0 Å². The molecule has 3 N–H and O–H groups in total. The van der Waals surface area contributed by atoms with E-state index in [0.29, 0.717) is 45.9 Å². The fourth-order valence-corrected chi connectivity index (χ4v) is 1.73. The summed E-state index contributed by atoms with van der Waals surface area (Å²) in [4.78, 5) is 22.9. The van der Waals surface area contributed by atoms with Gasteiger partial charge in [-0.05, 0) is 5.56 Å². The lowest BCUT2D eigenvalue weighted by Crippen LogP contribution is -2.37. The first-order valence-electron chi connectivity index (χ1n) is 7.61. The van der Waals surface area contributed by atoms with Crippen molar-refractivity contribution in [2.75, 3.05) is 40.0 Å². The molecule has 0 fully saturated rings. The predicted octanol–water partition coefficient (Wildman–Crippen LogP) is 0.655. The van der Waals surface area contributed by atoms with Crippen molar-refractivity contribution >= 4 is 11.9 Å². The second kappa shape index (κ2) is 12.4. The van der Waals surface area contributed by atoms with Gasteiger partial charge in [0.05, 0.1) is 19.8 Å². The monoisotopic (exact) mass is 323 g/mol. The van der Waals surface area contributed by atoms with Crippen molar-refractivity contribution in [3.8, 4) is 0 Å². The van der Waals surface area contributed by atoms with Crippen LogP contribution in [-0.2, 0) is 20.8 Å². The van der Waals surface area contributed by atoms with E-state index < -0.39 is 0 Å². The van der Waals surface area contributed by atoms with Gasteiger partial charge in [-0.3, -0.25) is 4.79 Å². The first kappa shape index (κ1) is 18.9. The van der Waals surface area contributed by atoms with Crippen molar-refractivity contribution in [1.82, 2.24) is 16.0 Å². The van der Waals surface area contributed by atoms with Crippen molar-refractivity contribution in [1.29, 1.82) is 0 Å². The Hall–Kier alpha value is -2.12. The van der Waals surface area contributed by atoms with E-state index in [1.165, 1.54) is 0 Å². The Bertz CT molecular complexity index is 454. The highest BCUT2D eigenvalue weighted by Crippen LogP contribution is 1.96. The highest BCUT2D eigenvalue weighted by Gasteiger charge is 2.01. The van der Waals surface area contributed by atoms with E-state index in [1.54, 1.807) is 7.11 Å². The van der Waals surface area contributed by atoms with Crippen LogP contribution in [0.5, 0.6) is 0 Å². The number of urea groups is 1. The van der Waals surface area contributed by atoms with Gasteiger partial charge in [0.25, 0.3) is 0 Å². The van der Waals surface area contributed by atoms with Crippen LogP contribution in [0.1, 0.15) is 12.0 Å². The van der Waals surface area contributed by atoms with E-state index >= 15 is 0 Å². The van der Waals surface area contributed by atoms with Crippen LogP contribution < -0.4 is 16.0 Å². The Morgan fingerprint density at radius 2 is 1.70 bits per heavy atom. The normalized spacial score (nSPS) is 10.1. The van der Waals surface area contributed by atoms with Crippen molar-refractivity contribution in [2.24, 2.45) is 0 Å². The number of carbonyl (C=O) groups excluding carboxylic acids is 2. The molecule has 0 saturated heterocycles. The summed E-state index contributed by atoms with van der Waals surface area (Å²) in [7, 11) is 1.58. The molecule has 7 nitrogen and oxygen atoms in total. The van der Waals surface area contributed by atoms with Gasteiger partial charge in [-0.1, -0.05) is 30.3 Å². The smallest absolute Gasteiger partial charge is 0.315 e. The molecule has 0 spiro atoms. The van der Waals surface area contributed by atoms with Crippen LogP contribution in [0.4, 0.5) is 4.79 Å². The minimum atomic E-state index is -0.241. The Kier molecular flexibility index (Phi) is 10.2. The summed E-state index contributed by atoms with van der Waals surface area (Å²) in [5.41, 5.74) is 1.04. The molecule has 1 aromatic carbocycles. The standard InChI is InChI=1S/C16H25N3O4/c1-22-11-8-17-15(20)7-10-23-12-9-18-16(21)19-13-14-5-3-2-4-6-14/h2-6H,7-13H2,1H3,(H,17,20)(H2,18,19,21). The molecular weight excluding hydrogens is 298 g/mol. The largest absolute Gasteiger partial charge is 0.383 e. The molecule has 0 radical (unpaired) electrons. The predicted molar refractivity (Wildman–Crippen MR) is 87.0 cm³/mol. The maximum Gasteiger partial charge on any atom is 0.315 e. The molecule has 23 heavy (non-hydrogen) atoms. The maximum absolute atomic E-state index is 11.6. The quantitative estimate of drug-likeness (QED) is 0.522. The molecule has 1 rings (SSSR count). The van der Waals surface area contributed by atoms with Gasteiger partial charge >= 0.3 is 6.03 Å². The van der Waals surface area contributed by atoms with Crippen LogP contribution in [0, 0.1) is 0 Å². The Labute approximate surface area is 136 Å². The van der Waals surface area contributed by atoms with Crippen LogP contribution >= 0.6 is 0 Å². The average molecular weight is 323 g/mol. The van der Waals surface area contributed by atoms with Crippen molar-refractivity contribution in [3.05, 3.63) is 35.9 Å². The van der Waals surface area contributed by atoms with Crippen LogP contribution in [-0.4, -0.2) is 52.0 Å². The summed E-state index contributed by atoms with van der Waals surface area (Å²) in [5.74, 6) is -0.0735. The first-order chi connectivity index (χ1) is 11.2. The summed E-state index contributed by atoms with van der Waals surface area (Å²) >= 11 is 0. The zero-order chi connectivity index (χ0) is 16.8. The molecule has 1 aromatic rings. The molecule has 0 bridgehead atoms. The molecular formula is C16H25N3O4. The van der Waals surface area contributed by atoms with Gasteiger partial charge in [0.1, 0.15) is 0 Å². The lowest BCUT2D eigenvalue weighted by molar-refractivity contribution is -0.122. The minimum absolute atomic E-state index is 0.0735. The highest BCUT2D eigenvalue weighted by atomic mass is 16.5. The molecule has 0 unspecified atom stereocenters. The van der Waals surface area contributed by atoms with Gasteiger partial charge in [-0.15, -0.1) is 0 Å². The maximum atomic E-state index is 11.6. The number of amides is 3. The average Bonchev–Trinajstić information content (AvgIpc) is 2.57. The lowest BCUT2D eigenvalue weighted by Gasteiger charge is -2.08. The zero-order valence-corrected chi connectivity index (χ0v) is 13.5. The molecule has 7 heteroatoms. The molecule has 0 aliphatic heterocycles. The Morgan fingerprint density at radius 1 is 0.957 bits per heavy atom. The van der Waals surface area contributed by atoms with Crippen molar-refractivity contribution in [2.45, 2.75) is 13.0 Å². The van der Waals surface area contributed by atoms with Crippen LogP contribution in [0.2, 0.25) is 0 Å². The van der Waals surface area contributed by atoms with Crippen LogP contribution in [0.15, 0.2) is 30.3 Å². The third kappa shape index (κ3) is 10.3. The molecule has 0 aliphatic carbocycles. The summed E-state index contributed by atoms with van der Waals surface area (Å²) in [5, 5.41) is 8.15. The van der Waals surface area contributed by atoms with Gasteiger partial charge in [0.2, 0.25) is 5.91 Å². The fourth-order valence-electron chi connectivity index (χ4n) is 1.73. The molecule has 3 amide bonds. The third-order valence-corrected chi connectivity index (χ3v) is 2.93. The molecule has 0 saturated carbocycles. The van der Waals surface area contributed by atoms with E-state index in [9.17, 15) is 9.59 Å². The summed E-state index contributed by atoms with van der Waals surface area (Å²) in [6.07, 6.45) is 0.296. The van der Waals surface area contributed by atoms with Crippen LogP contribution in [0.25, 0.3) is 0 Å². The summed E-state index contributed by atoms with van der Waals surface area (Å²) in [6, 6.07) is 9.43.